The molecule has 1 fully saturated rings. The fourth-order valence-corrected chi connectivity index (χ4v) is 2.72. The number of morpholine rings is 1. The summed E-state index contributed by atoms with van der Waals surface area (Å²) in [5.41, 5.74) is 0. The molecule has 0 unspecified atom stereocenters. The number of carbonyl (C=O) groups excluding carboxylic acids is 1. The molecule has 0 radical (unpaired) electrons. The zero-order valence-electron chi connectivity index (χ0n) is 14.3. The predicted molar refractivity (Wildman–Crippen MR) is 91.5 cm³/mol. The van der Waals surface area contributed by atoms with E-state index in [9.17, 15) is 4.79 Å². The number of nitrogens with one attached hydrogen (secondary N) is 1. The van der Waals surface area contributed by atoms with Gasteiger partial charge in [0.15, 0.2) is 5.82 Å². The topological polar surface area (TPSA) is 59.4 Å². The lowest BCUT2D eigenvalue weighted by molar-refractivity contribution is -0.116. The molecule has 23 heavy (non-hydrogen) atoms. The van der Waals surface area contributed by atoms with Gasteiger partial charge < -0.3 is 10.1 Å². The van der Waals surface area contributed by atoms with Crippen molar-refractivity contribution in [1.82, 2.24) is 14.7 Å². The Morgan fingerprint density at radius 2 is 2.00 bits per heavy atom. The van der Waals surface area contributed by atoms with Gasteiger partial charge in [-0.15, -0.1) is 0 Å². The maximum Gasteiger partial charge on any atom is 0.225 e. The van der Waals surface area contributed by atoms with Crippen LogP contribution in [-0.2, 0) is 16.1 Å². The highest BCUT2D eigenvalue weighted by molar-refractivity contribution is 5.89. The highest BCUT2D eigenvalue weighted by Crippen LogP contribution is 2.08. The first-order valence-corrected chi connectivity index (χ1v) is 8.91. The Kier molecular flexibility index (Phi) is 8.11. The molecular formula is C17H30N4O2. The first-order chi connectivity index (χ1) is 11.3. The van der Waals surface area contributed by atoms with Crippen LogP contribution in [0.25, 0.3) is 0 Å². The number of rotatable bonds is 10. The van der Waals surface area contributed by atoms with E-state index in [2.05, 4.69) is 22.2 Å². The van der Waals surface area contributed by atoms with Crippen molar-refractivity contribution in [3.05, 3.63) is 12.3 Å². The highest BCUT2D eigenvalue weighted by Gasteiger charge is 2.10. The van der Waals surface area contributed by atoms with Gasteiger partial charge in [-0.25, -0.2) is 0 Å². The van der Waals surface area contributed by atoms with Crippen LogP contribution in [-0.4, -0.2) is 53.4 Å². The van der Waals surface area contributed by atoms with E-state index >= 15 is 0 Å². The average molecular weight is 322 g/mol. The predicted octanol–water partition coefficient (Wildman–Crippen LogP) is 2.51. The number of nitrogens with zero attached hydrogens (tertiary/aromatic N) is 3. The van der Waals surface area contributed by atoms with Crippen LogP contribution in [0.15, 0.2) is 12.3 Å². The maximum absolute atomic E-state index is 11.9. The van der Waals surface area contributed by atoms with Crippen LogP contribution in [0.3, 0.4) is 0 Å². The Morgan fingerprint density at radius 1 is 1.22 bits per heavy atom. The van der Waals surface area contributed by atoms with Gasteiger partial charge in [-0.1, -0.05) is 32.6 Å². The summed E-state index contributed by atoms with van der Waals surface area (Å²) in [5.74, 6) is 0.727. The third kappa shape index (κ3) is 7.14. The van der Waals surface area contributed by atoms with Gasteiger partial charge in [-0.3, -0.25) is 14.4 Å². The van der Waals surface area contributed by atoms with Gasteiger partial charge in [-0.2, -0.15) is 5.10 Å². The number of hydrogen-bond acceptors (Lipinski definition) is 4. The van der Waals surface area contributed by atoms with Crippen molar-refractivity contribution in [2.24, 2.45) is 0 Å². The normalized spacial score (nSPS) is 15.7. The Hall–Kier alpha value is -1.40. The second-order valence-electron chi connectivity index (χ2n) is 6.13. The molecule has 2 heterocycles. The van der Waals surface area contributed by atoms with E-state index in [4.69, 9.17) is 4.74 Å². The van der Waals surface area contributed by atoms with Crippen LogP contribution >= 0.6 is 0 Å². The van der Waals surface area contributed by atoms with E-state index < -0.39 is 0 Å². The minimum Gasteiger partial charge on any atom is -0.379 e. The van der Waals surface area contributed by atoms with E-state index in [0.29, 0.717) is 12.2 Å². The molecule has 0 bridgehead atoms. The molecule has 0 spiro atoms. The van der Waals surface area contributed by atoms with Gasteiger partial charge in [-0.05, 0) is 6.42 Å². The molecule has 2 rings (SSSR count). The minimum atomic E-state index is 0.0694. The molecule has 1 amide bonds. The molecule has 1 N–H and O–H groups in total. The van der Waals surface area contributed by atoms with Crippen LogP contribution in [0.1, 0.15) is 45.4 Å². The van der Waals surface area contributed by atoms with Crippen molar-refractivity contribution in [3.63, 3.8) is 0 Å². The first-order valence-electron chi connectivity index (χ1n) is 8.91. The zero-order valence-corrected chi connectivity index (χ0v) is 14.3. The molecule has 6 nitrogen and oxygen atoms in total. The molecule has 1 saturated heterocycles. The highest BCUT2D eigenvalue weighted by atomic mass is 16.5. The number of amides is 1. The second-order valence-corrected chi connectivity index (χ2v) is 6.13. The Bertz CT molecular complexity index is 455. The molecule has 1 aromatic heterocycles. The second kappa shape index (κ2) is 10.4. The van der Waals surface area contributed by atoms with E-state index in [-0.39, 0.29) is 5.91 Å². The van der Waals surface area contributed by atoms with Crippen LogP contribution in [0.4, 0.5) is 5.82 Å². The van der Waals surface area contributed by atoms with Gasteiger partial charge in [0.05, 0.1) is 19.8 Å². The number of anilines is 1. The van der Waals surface area contributed by atoms with Crippen molar-refractivity contribution in [2.75, 3.05) is 38.2 Å². The van der Waals surface area contributed by atoms with Crippen molar-refractivity contribution in [1.29, 1.82) is 0 Å². The van der Waals surface area contributed by atoms with E-state index in [1.54, 1.807) is 0 Å². The minimum absolute atomic E-state index is 0.0694. The Balaban J connectivity index is 1.62. The number of aromatic nitrogens is 2. The summed E-state index contributed by atoms with van der Waals surface area (Å²) in [5, 5.41) is 7.31. The number of hydrogen-bond donors (Lipinski definition) is 1. The molecule has 0 aromatic carbocycles. The first kappa shape index (κ1) is 17.9. The summed E-state index contributed by atoms with van der Waals surface area (Å²) in [7, 11) is 0. The maximum atomic E-state index is 11.9. The molecule has 130 valence electrons. The molecule has 1 aliphatic heterocycles. The van der Waals surface area contributed by atoms with Crippen LogP contribution in [0.5, 0.6) is 0 Å². The fraction of sp³-hybridized carbons (Fsp3) is 0.765. The molecule has 1 aliphatic rings. The lowest BCUT2D eigenvalue weighted by Gasteiger charge is -2.26. The summed E-state index contributed by atoms with van der Waals surface area (Å²) >= 11 is 0. The standard InChI is InChI=1S/C17H30N4O2/c1-2-3-4-5-6-7-17(22)18-16-8-9-21(19-16)11-10-20-12-14-23-15-13-20/h8-9H,2-7,10-15H2,1H3,(H,18,19,22). The Morgan fingerprint density at radius 3 is 2.78 bits per heavy atom. The summed E-state index contributed by atoms with van der Waals surface area (Å²) < 4.78 is 7.24. The zero-order chi connectivity index (χ0) is 16.3. The molecule has 1 aromatic rings. The lowest BCUT2D eigenvalue weighted by atomic mass is 10.1. The fourth-order valence-electron chi connectivity index (χ4n) is 2.72. The van der Waals surface area contributed by atoms with E-state index in [0.717, 1.165) is 52.2 Å². The monoisotopic (exact) mass is 322 g/mol. The smallest absolute Gasteiger partial charge is 0.225 e. The van der Waals surface area contributed by atoms with Crippen molar-refractivity contribution in [3.8, 4) is 0 Å². The average Bonchev–Trinajstić information content (AvgIpc) is 3.01. The van der Waals surface area contributed by atoms with Crippen molar-refractivity contribution in [2.45, 2.75) is 52.0 Å². The van der Waals surface area contributed by atoms with Gasteiger partial charge in [0.1, 0.15) is 0 Å². The quantitative estimate of drug-likeness (QED) is 0.673. The van der Waals surface area contributed by atoms with Gasteiger partial charge in [0, 0.05) is 38.3 Å². The third-order valence-electron chi connectivity index (χ3n) is 4.16. The van der Waals surface area contributed by atoms with Gasteiger partial charge in [0.2, 0.25) is 5.91 Å². The number of unbranched alkanes of at least 4 members (excludes halogenated alkanes) is 4. The van der Waals surface area contributed by atoms with Crippen LogP contribution < -0.4 is 5.32 Å². The SMILES string of the molecule is CCCCCCCC(=O)Nc1ccn(CCN2CCOCC2)n1. The molecule has 0 aliphatic carbocycles. The van der Waals surface area contributed by atoms with E-state index in [1.165, 1.54) is 19.3 Å². The lowest BCUT2D eigenvalue weighted by Crippen LogP contribution is -2.38. The summed E-state index contributed by atoms with van der Waals surface area (Å²) in [6, 6.07) is 1.87. The van der Waals surface area contributed by atoms with Crippen molar-refractivity contribution < 1.29 is 9.53 Å². The molecular weight excluding hydrogens is 292 g/mol. The number of carbonyl (C=O) groups is 1. The third-order valence-corrected chi connectivity index (χ3v) is 4.16. The summed E-state index contributed by atoms with van der Waals surface area (Å²) in [6.07, 6.45) is 8.32. The van der Waals surface area contributed by atoms with Gasteiger partial charge >= 0.3 is 0 Å². The van der Waals surface area contributed by atoms with Crippen LogP contribution in [0.2, 0.25) is 0 Å². The summed E-state index contributed by atoms with van der Waals surface area (Å²) in [6.45, 7) is 7.62. The molecule has 6 heteroatoms. The summed E-state index contributed by atoms with van der Waals surface area (Å²) in [4.78, 5) is 14.3. The van der Waals surface area contributed by atoms with Gasteiger partial charge in [0.25, 0.3) is 0 Å². The molecule has 0 atom stereocenters. The van der Waals surface area contributed by atoms with Crippen molar-refractivity contribution >= 4 is 11.7 Å². The molecule has 0 saturated carbocycles. The largest absolute Gasteiger partial charge is 0.379 e. The Labute approximate surface area is 139 Å². The van der Waals surface area contributed by atoms with Crippen LogP contribution in [0, 0.1) is 0 Å². The number of ether oxygens (including phenoxy) is 1. The van der Waals surface area contributed by atoms with E-state index in [1.807, 2.05) is 16.9 Å².